The van der Waals surface area contributed by atoms with E-state index in [4.69, 9.17) is 11.6 Å². The third-order valence-corrected chi connectivity index (χ3v) is 7.22. The van der Waals surface area contributed by atoms with Crippen LogP contribution in [0.1, 0.15) is 23.2 Å². The molecule has 2 heterocycles. The number of rotatable bonds is 2. The number of benzene rings is 2. The lowest BCUT2D eigenvalue weighted by molar-refractivity contribution is 0.0865. The Hall–Kier alpha value is -2.16. The highest BCUT2D eigenvalue weighted by Gasteiger charge is 2.43. The predicted molar refractivity (Wildman–Crippen MR) is 99.7 cm³/mol. The van der Waals surface area contributed by atoms with Crippen LogP contribution in [0, 0.1) is 5.82 Å². The zero-order valence-electron chi connectivity index (χ0n) is 14.2. The molecule has 1 amide bonds. The molecule has 1 saturated heterocycles. The van der Waals surface area contributed by atoms with Gasteiger partial charge in [-0.15, -0.1) is 0 Å². The quantitative estimate of drug-likeness (QED) is 0.799. The number of carbonyl (C=O) groups excluding carboxylic acids is 1. The average molecular weight is 410 g/mol. The molecule has 6 nitrogen and oxygen atoms in total. The van der Waals surface area contributed by atoms with Crippen LogP contribution in [-0.4, -0.2) is 37.4 Å². The molecule has 2 N–H and O–H groups in total. The Morgan fingerprint density at radius 3 is 2.37 bits per heavy atom. The first-order valence-electron chi connectivity index (χ1n) is 8.46. The predicted octanol–water partition coefficient (Wildman–Crippen LogP) is 2.82. The minimum absolute atomic E-state index is 0.0533. The second-order valence-electron chi connectivity index (χ2n) is 6.68. The molecule has 2 aromatic rings. The Balaban J connectivity index is 1.54. The second-order valence-corrected chi connectivity index (χ2v) is 9.03. The molecule has 2 aliphatic rings. The van der Waals surface area contributed by atoms with Crippen molar-refractivity contribution < 1.29 is 17.6 Å². The summed E-state index contributed by atoms with van der Waals surface area (Å²) in [4.78, 5) is 12.6. The molecule has 2 aliphatic heterocycles. The number of nitrogens with one attached hydrogen (secondary N) is 2. The maximum absolute atomic E-state index is 13.1. The fraction of sp³-hybridized carbons (Fsp3) is 0.278. The average Bonchev–Trinajstić information content (AvgIpc) is 2.62. The van der Waals surface area contributed by atoms with Gasteiger partial charge < -0.3 is 10.6 Å². The first-order valence-corrected chi connectivity index (χ1v) is 10.3. The van der Waals surface area contributed by atoms with Gasteiger partial charge in [0, 0.05) is 25.9 Å². The maximum Gasteiger partial charge on any atom is 0.256 e. The van der Waals surface area contributed by atoms with Gasteiger partial charge >= 0.3 is 0 Å². The molecular weight excluding hydrogens is 393 g/mol. The molecule has 9 heteroatoms. The molecule has 0 saturated carbocycles. The highest BCUT2D eigenvalue weighted by atomic mass is 35.5. The molecule has 0 bridgehead atoms. The molecule has 1 spiro atoms. The largest absolute Gasteiger partial charge is 0.362 e. The summed E-state index contributed by atoms with van der Waals surface area (Å²) in [5.74, 6) is -0.762. The summed E-state index contributed by atoms with van der Waals surface area (Å²) in [5.41, 5.74) is 0.316. The summed E-state index contributed by atoms with van der Waals surface area (Å²) in [6, 6.07) is 9.96. The van der Waals surface area contributed by atoms with Gasteiger partial charge in [-0.25, -0.2) is 12.8 Å². The SMILES string of the molecule is O=C1NC2(CCN(S(=O)(=O)c3ccc(F)cc3)CC2)Nc2cccc(Cl)c21. The van der Waals surface area contributed by atoms with E-state index < -0.39 is 21.5 Å². The van der Waals surface area contributed by atoms with Crippen LogP contribution in [0.25, 0.3) is 0 Å². The van der Waals surface area contributed by atoms with Gasteiger partial charge in [0.15, 0.2) is 0 Å². The molecule has 0 radical (unpaired) electrons. The number of halogens is 2. The van der Waals surface area contributed by atoms with Crippen molar-refractivity contribution in [1.82, 2.24) is 9.62 Å². The van der Waals surface area contributed by atoms with Crippen molar-refractivity contribution in [1.29, 1.82) is 0 Å². The topological polar surface area (TPSA) is 78.5 Å². The van der Waals surface area contributed by atoms with Crippen molar-refractivity contribution in [2.24, 2.45) is 0 Å². The smallest absolute Gasteiger partial charge is 0.256 e. The van der Waals surface area contributed by atoms with Crippen LogP contribution in [0.3, 0.4) is 0 Å². The number of sulfonamides is 1. The van der Waals surface area contributed by atoms with E-state index in [9.17, 15) is 17.6 Å². The van der Waals surface area contributed by atoms with Crippen LogP contribution in [-0.2, 0) is 10.0 Å². The Morgan fingerprint density at radius 2 is 1.70 bits per heavy atom. The number of hydrogen-bond donors (Lipinski definition) is 2. The fourth-order valence-electron chi connectivity index (χ4n) is 3.54. The molecule has 2 aromatic carbocycles. The highest BCUT2D eigenvalue weighted by molar-refractivity contribution is 7.89. The first kappa shape index (κ1) is 18.2. The van der Waals surface area contributed by atoms with E-state index in [2.05, 4.69) is 10.6 Å². The van der Waals surface area contributed by atoms with E-state index in [1.54, 1.807) is 18.2 Å². The van der Waals surface area contributed by atoms with Gasteiger partial charge in [-0.2, -0.15) is 4.31 Å². The van der Waals surface area contributed by atoms with Gasteiger partial charge in [-0.3, -0.25) is 4.79 Å². The maximum atomic E-state index is 13.1. The number of carbonyl (C=O) groups is 1. The molecule has 0 atom stereocenters. The third kappa shape index (κ3) is 3.18. The van der Waals surface area contributed by atoms with E-state index in [1.807, 2.05) is 0 Å². The van der Waals surface area contributed by atoms with E-state index in [1.165, 1.54) is 16.4 Å². The van der Waals surface area contributed by atoms with Crippen molar-refractivity contribution in [3.8, 4) is 0 Å². The summed E-state index contributed by atoms with van der Waals surface area (Å²) < 4.78 is 39.9. The van der Waals surface area contributed by atoms with Crippen molar-refractivity contribution in [3.63, 3.8) is 0 Å². The zero-order valence-corrected chi connectivity index (χ0v) is 15.8. The lowest BCUT2D eigenvalue weighted by Crippen LogP contribution is -2.62. The fourth-order valence-corrected chi connectivity index (χ4v) is 5.24. The van der Waals surface area contributed by atoms with Crippen LogP contribution >= 0.6 is 11.6 Å². The number of anilines is 1. The van der Waals surface area contributed by atoms with Gasteiger partial charge in [0.2, 0.25) is 10.0 Å². The highest BCUT2D eigenvalue weighted by Crippen LogP contribution is 2.35. The lowest BCUT2D eigenvalue weighted by atomic mass is 9.93. The van der Waals surface area contributed by atoms with Crippen LogP contribution in [0.5, 0.6) is 0 Å². The van der Waals surface area contributed by atoms with E-state index in [-0.39, 0.29) is 23.9 Å². The van der Waals surface area contributed by atoms with Crippen LogP contribution < -0.4 is 10.6 Å². The summed E-state index contributed by atoms with van der Waals surface area (Å²) in [6.07, 6.45) is 0.788. The lowest BCUT2D eigenvalue weighted by Gasteiger charge is -2.45. The second kappa shape index (κ2) is 6.47. The van der Waals surface area contributed by atoms with E-state index >= 15 is 0 Å². The number of fused-ring (bicyclic) bond motifs is 1. The standard InChI is InChI=1S/C18H17ClFN3O3S/c19-14-2-1-3-15-16(14)17(24)22-18(21-15)8-10-23(11-9-18)27(25,26)13-6-4-12(20)5-7-13/h1-7,21H,8-11H2,(H,22,24). The molecular formula is C18H17ClFN3O3S. The molecule has 1 fully saturated rings. The summed E-state index contributed by atoms with van der Waals surface area (Å²) in [7, 11) is -3.71. The summed E-state index contributed by atoms with van der Waals surface area (Å²) >= 11 is 6.11. The molecule has 0 aromatic heterocycles. The molecule has 27 heavy (non-hydrogen) atoms. The summed E-state index contributed by atoms with van der Waals surface area (Å²) in [6.45, 7) is 0.450. The van der Waals surface area contributed by atoms with Gasteiger partial charge in [0.25, 0.3) is 5.91 Å². The minimum Gasteiger partial charge on any atom is -0.362 e. The van der Waals surface area contributed by atoms with Crippen molar-refractivity contribution >= 4 is 33.2 Å². The van der Waals surface area contributed by atoms with E-state index in [0.29, 0.717) is 29.1 Å². The monoisotopic (exact) mass is 409 g/mol. The van der Waals surface area contributed by atoms with Crippen LogP contribution in [0.15, 0.2) is 47.4 Å². The molecule has 4 rings (SSSR count). The van der Waals surface area contributed by atoms with Crippen molar-refractivity contribution in [2.75, 3.05) is 18.4 Å². The molecule has 0 unspecified atom stereocenters. The normalized spacial score (nSPS) is 19.3. The number of hydrogen-bond acceptors (Lipinski definition) is 4. The number of amides is 1. The number of piperidine rings is 1. The Bertz CT molecular complexity index is 1000. The molecule has 0 aliphatic carbocycles. The Labute approximate surface area is 161 Å². The van der Waals surface area contributed by atoms with E-state index in [0.717, 1.165) is 12.1 Å². The zero-order chi connectivity index (χ0) is 19.2. The Morgan fingerprint density at radius 1 is 1.04 bits per heavy atom. The number of nitrogens with zero attached hydrogens (tertiary/aromatic N) is 1. The minimum atomic E-state index is -3.71. The van der Waals surface area contributed by atoms with Gasteiger partial charge in [-0.1, -0.05) is 17.7 Å². The van der Waals surface area contributed by atoms with Crippen molar-refractivity contribution in [3.05, 3.63) is 58.9 Å². The van der Waals surface area contributed by atoms with Gasteiger partial charge in [-0.05, 0) is 36.4 Å². The first-order chi connectivity index (χ1) is 12.8. The van der Waals surface area contributed by atoms with Crippen molar-refractivity contribution in [2.45, 2.75) is 23.4 Å². The van der Waals surface area contributed by atoms with Gasteiger partial charge in [0.05, 0.1) is 21.2 Å². The third-order valence-electron chi connectivity index (χ3n) is 4.99. The Kier molecular flexibility index (Phi) is 4.37. The van der Waals surface area contributed by atoms with Gasteiger partial charge in [0.1, 0.15) is 11.5 Å². The van der Waals surface area contributed by atoms with Crippen LogP contribution in [0.2, 0.25) is 5.02 Å². The van der Waals surface area contributed by atoms with Crippen LogP contribution in [0.4, 0.5) is 10.1 Å². The molecule has 142 valence electrons. The summed E-state index contributed by atoms with van der Waals surface area (Å²) in [5, 5.41) is 6.62.